The number of anilines is 4. The van der Waals surface area contributed by atoms with Crippen LogP contribution in [0.15, 0.2) is 69.6 Å². The van der Waals surface area contributed by atoms with Crippen LogP contribution in [0.3, 0.4) is 0 Å². The largest absolute Gasteiger partial charge is 0.443 e. The second-order valence-electron chi connectivity index (χ2n) is 18.2. The number of ether oxygens (including phenoxy) is 2. The maximum absolute atomic E-state index is 13.5. The summed E-state index contributed by atoms with van der Waals surface area (Å²) in [5, 5.41) is 27.1. The quantitative estimate of drug-likeness (QED) is 0.135. The third-order valence-electron chi connectivity index (χ3n) is 9.96. The number of aliphatic imine (C=N–C) groups is 1. The molecule has 7 aromatic rings. The second-order valence-corrected chi connectivity index (χ2v) is 20.9. The van der Waals surface area contributed by atoms with Crippen LogP contribution in [0, 0.1) is 0 Å². The van der Waals surface area contributed by atoms with Crippen molar-refractivity contribution < 1.29 is 28.7 Å². The molecule has 1 aliphatic rings. The van der Waals surface area contributed by atoms with Gasteiger partial charge in [-0.15, -0.1) is 20.4 Å². The summed E-state index contributed by atoms with van der Waals surface area (Å²) >= 11 is 15.7. The summed E-state index contributed by atoms with van der Waals surface area (Å²) in [6.45, 7) is 13.9. The maximum Gasteiger partial charge on any atom is 0.435 e. The van der Waals surface area contributed by atoms with Gasteiger partial charge in [-0.05, 0) is 91.3 Å². The molecule has 0 spiro atoms. The van der Waals surface area contributed by atoms with Gasteiger partial charge < -0.3 is 23.9 Å². The van der Waals surface area contributed by atoms with Crippen molar-refractivity contribution in [1.29, 1.82) is 0 Å². The van der Waals surface area contributed by atoms with Crippen LogP contribution in [-0.2, 0) is 52.5 Å². The number of aryl methyl sites for hydroxylation is 2. The molecule has 0 bridgehead atoms. The molecule has 19 nitrogen and oxygen atoms in total. The van der Waals surface area contributed by atoms with E-state index >= 15 is 0 Å². The average molecular weight is 1030 g/mol. The van der Waals surface area contributed by atoms with E-state index in [1.807, 2.05) is 12.1 Å². The molecule has 0 fully saturated rings. The van der Waals surface area contributed by atoms with Gasteiger partial charge in [0, 0.05) is 78.7 Å². The van der Waals surface area contributed by atoms with Gasteiger partial charge in [-0.1, -0.05) is 51.9 Å². The standard InChI is InChI=1S/C28H31ClN6O6S.C19H16ClN5O2S/c1-15(36)11-16-12-17(14-33(8)23(16)37)22-31-32-24(42-22)34(25(38)40-27(2,3)4)20-10-9-19-18(21(20)29)13-30-35(19)26(39)41-28(5,6)7;1-10(26)5-12-6-13(9-25(2)18(12)27)17-23-24-19(28-17)22-15-4-3-11-7-21-8-14(11)16(15)20/h9-10,12-14H,11H2,1-8H3;3-4,6,8-9H,5,7H2,1-2H3,(H,22,24). The smallest absolute Gasteiger partial charge is 0.435 e. The minimum atomic E-state index is -0.847. The number of fused-ring (bicyclic) bond motifs is 2. The molecule has 5 aromatic heterocycles. The van der Waals surface area contributed by atoms with Crippen LogP contribution >= 0.6 is 45.9 Å². The van der Waals surface area contributed by atoms with E-state index in [4.69, 9.17) is 32.7 Å². The number of hydrogen-bond donors (Lipinski definition) is 1. The number of pyridine rings is 2. The number of nitrogens with zero attached hydrogens (tertiary/aromatic N) is 10. The third-order valence-corrected chi connectivity index (χ3v) is 12.6. The molecule has 23 heteroatoms. The molecule has 0 aliphatic carbocycles. The lowest BCUT2D eigenvalue weighted by Crippen LogP contribution is -2.34. The van der Waals surface area contributed by atoms with Crippen molar-refractivity contribution >= 4 is 108 Å². The second kappa shape index (κ2) is 20.2. The molecule has 1 amide bonds. The van der Waals surface area contributed by atoms with E-state index in [0.717, 1.165) is 38.4 Å². The zero-order valence-corrected chi connectivity index (χ0v) is 42.9. The predicted octanol–water partition coefficient (Wildman–Crippen LogP) is 9.26. The first-order valence-electron chi connectivity index (χ1n) is 21.4. The molecule has 0 saturated heterocycles. The van der Waals surface area contributed by atoms with E-state index in [1.165, 1.54) is 45.4 Å². The number of nitrogens with one attached hydrogen (secondary N) is 1. The van der Waals surface area contributed by atoms with Gasteiger partial charge in [-0.2, -0.15) is 9.78 Å². The highest BCUT2D eigenvalue weighted by atomic mass is 35.5. The van der Waals surface area contributed by atoms with Crippen molar-refractivity contribution in [3.8, 4) is 21.1 Å². The Hall–Kier alpha value is -6.94. The Kier molecular flexibility index (Phi) is 14.7. The first-order valence-corrected chi connectivity index (χ1v) is 23.8. The van der Waals surface area contributed by atoms with Gasteiger partial charge in [0.2, 0.25) is 10.3 Å². The Bertz CT molecular complexity index is 3380. The summed E-state index contributed by atoms with van der Waals surface area (Å²) in [7, 11) is 3.23. The summed E-state index contributed by atoms with van der Waals surface area (Å²) in [5.74, 6) is -0.220. The van der Waals surface area contributed by atoms with Crippen molar-refractivity contribution in [3.05, 3.63) is 108 Å². The fourth-order valence-electron chi connectivity index (χ4n) is 7.02. The number of Topliss-reactive ketones (excluding diaryl/α,β-unsaturated/α-hetero) is 2. The monoisotopic (exact) mass is 1030 g/mol. The highest BCUT2D eigenvalue weighted by Gasteiger charge is 2.31. The van der Waals surface area contributed by atoms with Gasteiger partial charge >= 0.3 is 12.2 Å². The van der Waals surface area contributed by atoms with Crippen LogP contribution in [0.1, 0.15) is 77.6 Å². The average Bonchev–Trinajstić information content (AvgIpc) is 4.10. The fraction of sp³-hybridized carbons (Fsp3) is 0.319. The van der Waals surface area contributed by atoms with Crippen molar-refractivity contribution in [2.45, 2.75) is 86.0 Å². The molecule has 6 heterocycles. The molecule has 2 aromatic carbocycles. The van der Waals surface area contributed by atoms with Crippen LogP contribution in [0.4, 0.5) is 31.2 Å². The van der Waals surface area contributed by atoms with Crippen LogP contribution in [-0.4, -0.2) is 80.5 Å². The van der Waals surface area contributed by atoms with Crippen molar-refractivity contribution in [2.75, 3.05) is 10.2 Å². The topological polar surface area (TPSA) is 228 Å². The summed E-state index contributed by atoms with van der Waals surface area (Å²) < 4.78 is 15.0. The predicted molar refractivity (Wildman–Crippen MR) is 271 cm³/mol. The number of amides is 1. The fourth-order valence-corrected chi connectivity index (χ4v) is 9.16. The Morgan fingerprint density at radius 1 is 0.771 bits per heavy atom. The van der Waals surface area contributed by atoms with Gasteiger partial charge in [0.05, 0.1) is 39.7 Å². The van der Waals surface area contributed by atoms with E-state index in [-0.39, 0.29) is 51.4 Å². The molecule has 0 saturated carbocycles. The molecular weight excluding hydrogens is 982 g/mol. The number of aromatic nitrogens is 8. The molecule has 0 atom stereocenters. The Morgan fingerprint density at radius 3 is 1.94 bits per heavy atom. The normalized spacial score (nSPS) is 12.1. The van der Waals surface area contributed by atoms with Crippen LogP contribution in [0.2, 0.25) is 10.0 Å². The van der Waals surface area contributed by atoms with Gasteiger partial charge in [0.15, 0.2) is 10.0 Å². The first-order chi connectivity index (χ1) is 32.9. The number of carbonyl (C=O) groups excluding carboxylic acids is 4. The Morgan fingerprint density at radius 2 is 1.36 bits per heavy atom. The summed E-state index contributed by atoms with van der Waals surface area (Å²) in [6.07, 6.45) is 5.08. The summed E-state index contributed by atoms with van der Waals surface area (Å²) in [4.78, 5) is 79.6. The first kappa shape index (κ1) is 50.9. The third kappa shape index (κ3) is 11.6. The molecule has 0 radical (unpaired) electrons. The molecular formula is C47H47Cl2N11O8S2. The van der Waals surface area contributed by atoms with E-state index in [1.54, 1.807) is 98.5 Å². The minimum absolute atomic E-state index is 0.0250. The maximum atomic E-state index is 13.5. The number of halogens is 2. The Balaban J connectivity index is 0.000000223. The number of benzene rings is 2. The zero-order valence-electron chi connectivity index (χ0n) is 39.7. The lowest BCUT2D eigenvalue weighted by molar-refractivity contribution is -0.117. The van der Waals surface area contributed by atoms with Gasteiger partial charge in [-0.25, -0.2) is 14.5 Å². The molecule has 0 unspecified atom stereocenters. The summed E-state index contributed by atoms with van der Waals surface area (Å²) in [6, 6.07) is 10.3. The zero-order chi connectivity index (χ0) is 51.0. The van der Waals surface area contributed by atoms with Gasteiger partial charge in [-0.3, -0.25) is 24.2 Å². The van der Waals surface area contributed by atoms with E-state index < -0.39 is 23.4 Å². The number of carbonyl (C=O) groups is 4. The minimum Gasteiger partial charge on any atom is -0.443 e. The van der Waals surface area contributed by atoms with Crippen molar-refractivity contribution in [3.63, 3.8) is 0 Å². The number of ketones is 2. The lowest BCUT2D eigenvalue weighted by atomic mass is 10.1. The number of rotatable bonds is 10. The number of hydrogen-bond acceptors (Lipinski definition) is 17. The molecule has 1 N–H and O–H groups in total. The molecule has 8 rings (SSSR count). The van der Waals surface area contributed by atoms with Crippen molar-refractivity contribution in [1.82, 2.24) is 39.3 Å². The van der Waals surface area contributed by atoms with Crippen LogP contribution in [0.25, 0.3) is 32.0 Å². The van der Waals surface area contributed by atoms with Crippen LogP contribution < -0.4 is 21.3 Å². The highest BCUT2D eigenvalue weighted by molar-refractivity contribution is 7.19. The van der Waals surface area contributed by atoms with E-state index in [2.05, 4.69) is 35.8 Å². The SMILES string of the molecule is CC(=O)Cc1cc(-c2nnc(N(C(=O)OC(C)(C)C)c3ccc4c(cnn4C(=O)OC(C)(C)C)c3Cl)s2)cn(C)c1=O.CC(=O)Cc1cc(-c2nnc(Nc3ccc4c(c3Cl)C=NC4)s2)cn(C)c1=O. The molecule has 1 aliphatic heterocycles. The highest BCUT2D eigenvalue weighted by Crippen LogP contribution is 2.41. The van der Waals surface area contributed by atoms with Gasteiger partial charge in [0.25, 0.3) is 11.1 Å². The van der Waals surface area contributed by atoms with E-state index in [9.17, 15) is 28.8 Å². The van der Waals surface area contributed by atoms with Gasteiger partial charge in [0.1, 0.15) is 22.8 Å². The molecule has 364 valence electrons. The summed E-state index contributed by atoms with van der Waals surface area (Å²) in [5.41, 5.74) is 3.32. The molecule has 70 heavy (non-hydrogen) atoms. The Labute approximate surface area is 418 Å². The van der Waals surface area contributed by atoms with Crippen molar-refractivity contribution in [2.24, 2.45) is 19.1 Å². The van der Waals surface area contributed by atoms with Crippen LogP contribution in [0.5, 0.6) is 0 Å². The van der Waals surface area contributed by atoms with E-state index in [0.29, 0.717) is 54.3 Å². The lowest BCUT2D eigenvalue weighted by Gasteiger charge is -2.26.